The molecule has 0 aromatic heterocycles. The molecule has 4 nitrogen and oxygen atoms in total. The predicted molar refractivity (Wildman–Crippen MR) is 62.8 cm³/mol. The number of nitrogen functional groups attached to an aromatic ring is 1. The van der Waals surface area contributed by atoms with Crippen molar-refractivity contribution in [2.45, 2.75) is 20.0 Å². The largest absolute Gasteiger partial charge is 0.466 e. The summed E-state index contributed by atoms with van der Waals surface area (Å²) in [6.45, 7) is -1.15. The van der Waals surface area contributed by atoms with E-state index in [4.69, 9.17) is 22.1 Å². The zero-order valence-electron chi connectivity index (χ0n) is 9.58. The van der Waals surface area contributed by atoms with Crippen LogP contribution < -0.4 is 10.5 Å². The molecule has 0 aliphatic rings. The van der Waals surface area contributed by atoms with Gasteiger partial charge in [-0.2, -0.15) is 8.78 Å². The molecule has 0 aliphatic carbocycles. The highest BCUT2D eigenvalue weighted by molar-refractivity contribution is 6.33. The Morgan fingerprint density at radius 3 is 2.72 bits per heavy atom. The van der Waals surface area contributed by atoms with Gasteiger partial charge in [-0.3, -0.25) is 4.79 Å². The van der Waals surface area contributed by atoms with E-state index in [0.29, 0.717) is 5.56 Å². The van der Waals surface area contributed by atoms with Crippen LogP contribution in [0.25, 0.3) is 0 Å². The summed E-state index contributed by atoms with van der Waals surface area (Å²) in [5.41, 5.74) is 5.77. The van der Waals surface area contributed by atoms with E-state index in [9.17, 15) is 13.6 Å². The molecule has 0 atom stereocenters. The summed E-state index contributed by atoms with van der Waals surface area (Å²) in [6, 6.07) is 2.81. The smallest absolute Gasteiger partial charge is 0.387 e. The summed E-state index contributed by atoms with van der Waals surface area (Å²) in [5.74, 6) is -0.833. The SMILES string of the molecule is CCOC(=O)Cc1ccc(N)c(OC(F)F)c1Cl. The fourth-order valence-corrected chi connectivity index (χ4v) is 1.61. The second-order valence-electron chi connectivity index (χ2n) is 3.32. The van der Waals surface area contributed by atoms with Crippen LogP contribution in [0.15, 0.2) is 12.1 Å². The maximum atomic E-state index is 12.2. The summed E-state index contributed by atoms with van der Waals surface area (Å²) in [7, 11) is 0. The molecule has 0 aliphatic heterocycles. The lowest BCUT2D eigenvalue weighted by atomic mass is 10.1. The number of hydrogen-bond donors (Lipinski definition) is 1. The third-order valence-corrected chi connectivity index (χ3v) is 2.47. The first-order valence-electron chi connectivity index (χ1n) is 5.13. The van der Waals surface area contributed by atoms with E-state index in [1.165, 1.54) is 12.1 Å². The molecule has 0 fully saturated rings. The van der Waals surface area contributed by atoms with E-state index in [1.54, 1.807) is 6.92 Å². The van der Waals surface area contributed by atoms with Crippen LogP contribution >= 0.6 is 11.6 Å². The van der Waals surface area contributed by atoms with Crippen molar-refractivity contribution in [3.8, 4) is 5.75 Å². The summed E-state index contributed by atoms with van der Waals surface area (Å²) in [4.78, 5) is 11.3. The van der Waals surface area contributed by atoms with Crippen LogP contribution in [-0.4, -0.2) is 19.2 Å². The number of anilines is 1. The number of carbonyl (C=O) groups is 1. The average Bonchev–Trinajstić information content (AvgIpc) is 2.28. The van der Waals surface area contributed by atoms with Crippen LogP contribution in [0.5, 0.6) is 5.75 Å². The second kappa shape index (κ2) is 6.39. The number of ether oxygens (including phenoxy) is 2. The van der Waals surface area contributed by atoms with Crippen molar-refractivity contribution < 1.29 is 23.0 Å². The van der Waals surface area contributed by atoms with Crippen molar-refractivity contribution in [3.05, 3.63) is 22.7 Å². The van der Waals surface area contributed by atoms with Gasteiger partial charge in [0.15, 0.2) is 5.75 Å². The summed E-state index contributed by atoms with van der Waals surface area (Å²) < 4.78 is 33.3. The molecule has 7 heteroatoms. The molecule has 100 valence electrons. The molecule has 1 aromatic rings. The number of carbonyl (C=O) groups excluding carboxylic acids is 1. The van der Waals surface area contributed by atoms with Crippen molar-refractivity contribution >= 4 is 23.3 Å². The Morgan fingerprint density at radius 1 is 1.50 bits per heavy atom. The zero-order valence-corrected chi connectivity index (χ0v) is 10.3. The van der Waals surface area contributed by atoms with Gasteiger partial charge < -0.3 is 15.2 Å². The van der Waals surface area contributed by atoms with Gasteiger partial charge in [0, 0.05) is 0 Å². The molecule has 0 heterocycles. The Bertz CT molecular complexity index is 441. The predicted octanol–water partition coefficient (Wildman–Crippen LogP) is 2.63. The van der Waals surface area contributed by atoms with Crippen molar-refractivity contribution in [2.75, 3.05) is 12.3 Å². The molecule has 0 radical (unpaired) electrons. The lowest BCUT2D eigenvalue weighted by Crippen LogP contribution is -2.10. The first kappa shape index (κ1) is 14.5. The molecular formula is C11H12ClF2NO3. The van der Waals surface area contributed by atoms with Gasteiger partial charge in [-0.1, -0.05) is 17.7 Å². The summed E-state index contributed by atoms with van der Waals surface area (Å²) in [6.07, 6.45) is -0.132. The lowest BCUT2D eigenvalue weighted by molar-refractivity contribution is -0.142. The van der Waals surface area contributed by atoms with Crippen LogP contribution in [0, 0.1) is 0 Å². The minimum atomic E-state index is -3.04. The Balaban J connectivity index is 2.97. The molecule has 0 spiro atoms. The fourth-order valence-electron chi connectivity index (χ4n) is 1.32. The van der Waals surface area contributed by atoms with Crippen LogP contribution in [-0.2, 0) is 16.0 Å². The number of halogens is 3. The summed E-state index contributed by atoms with van der Waals surface area (Å²) in [5, 5.41) is -0.108. The number of rotatable bonds is 5. The van der Waals surface area contributed by atoms with E-state index in [1.807, 2.05) is 0 Å². The van der Waals surface area contributed by atoms with E-state index >= 15 is 0 Å². The third-order valence-electron chi connectivity index (χ3n) is 2.05. The molecule has 2 N–H and O–H groups in total. The minimum absolute atomic E-state index is 0.0205. The first-order chi connectivity index (χ1) is 8.45. The van der Waals surface area contributed by atoms with Crippen LogP contribution in [0.3, 0.4) is 0 Å². The number of benzene rings is 1. The van der Waals surface area contributed by atoms with E-state index < -0.39 is 12.6 Å². The topological polar surface area (TPSA) is 61.5 Å². The van der Waals surface area contributed by atoms with Crippen LogP contribution in [0.2, 0.25) is 5.02 Å². The quantitative estimate of drug-likeness (QED) is 0.665. The van der Waals surface area contributed by atoms with Gasteiger partial charge in [-0.05, 0) is 18.6 Å². The second-order valence-corrected chi connectivity index (χ2v) is 3.70. The lowest BCUT2D eigenvalue weighted by Gasteiger charge is -2.12. The highest BCUT2D eigenvalue weighted by Gasteiger charge is 2.17. The van der Waals surface area contributed by atoms with Crippen molar-refractivity contribution in [2.24, 2.45) is 0 Å². The number of esters is 1. The summed E-state index contributed by atoms with van der Waals surface area (Å²) >= 11 is 5.86. The fraction of sp³-hybridized carbons (Fsp3) is 0.364. The Labute approximate surface area is 108 Å². The van der Waals surface area contributed by atoms with Crippen molar-refractivity contribution in [1.29, 1.82) is 0 Å². The molecular weight excluding hydrogens is 268 g/mol. The monoisotopic (exact) mass is 279 g/mol. The van der Waals surface area contributed by atoms with Gasteiger partial charge in [0.25, 0.3) is 0 Å². The average molecular weight is 280 g/mol. The van der Waals surface area contributed by atoms with Crippen LogP contribution in [0.4, 0.5) is 14.5 Å². The van der Waals surface area contributed by atoms with E-state index in [0.717, 1.165) is 0 Å². The Hall–Kier alpha value is -1.56. The van der Waals surface area contributed by atoms with Gasteiger partial charge in [0.2, 0.25) is 0 Å². The highest BCUT2D eigenvalue weighted by Crippen LogP contribution is 2.35. The van der Waals surface area contributed by atoms with Gasteiger partial charge in [-0.25, -0.2) is 0 Å². The van der Waals surface area contributed by atoms with Crippen LogP contribution in [0.1, 0.15) is 12.5 Å². The number of alkyl halides is 2. The molecule has 0 bridgehead atoms. The molecule has 0 unspecified atom stereocenters. The van der Waals surface area contributed by atoms with Gasteiger partial charge >= 0.3 is 12.6 Å². The van der Waals surface area contributed by atoms with Crippen molar-refractivity contribution in [1.82, 2.24) is 0 Å². The molecule has 0 amide bonds. The standard InChI is InChI=1S/C11H12ClF2NO3/c1-2-17-8(16)5-6-3-4-7(15)10(9(6)12)18-11(13)14/h3-4,11H,2,5,15H2,1H3. The van der Waals surface area contributed by atoms with Crippen molar-refractivity contribution in [3.63, 3.8) is 0 Å². The Kier molecular flexibility index (Phi) is 5.15. The van der Waals surface area contributed by atoms with E-state index in [-0.39, 0.29) is 29.5 Å². The number of hydrogen-bond acceptors (Lipinski definition) is 4. The minimum Gasteiger partial charge on any atom is -0.466 e. The maximum Gasteiger partial charge on any atom is 0.387 e. The normalized spacial score (nSPS) is 10.5. The van der Waals surface area contributed by atoms with Gasteiger partial charge in [0.1, 0.15) is 0 Å². The zero-order chi connectivity index (χ0) is 13.7. The molecule has 0 saturated heterocycles. The van der Waals surface area contributed by atoms with E-state index in [2.05, 4.69) is 4.74 Å². The highest BCUT2D eigenvalue weighted by atomic mass is 35.5. The number of nitrogens with two attached hydrogens (primary N) is 1. The molecule has 1 rings (SSSR count). The molecule has 18 heavy (non-hydrogen) atoms. The molecule has 0 saturated carbocycles. The maximum absolute atomic E-state index is 12.2. The third kappa shape index (κ3) is 3.73. The molecule has 1 aromatic carbocycles. The Morgan fingerprint density at radius 2 is 2.17 bits per heavy atom. The van der Waals surface area contributed by atoms with Gasteiger partial charge in [-0.15, -0.1) is 0 Å². The first-order valence-corrected chi connectivity index (χ1v) is 5.50. The van der Waals surface area contributed by atoms with Gasteiger partial charge in [0.05, 0.1) is 23.7 Å².